The van der Waals surface area contributed by atoms with Crippen molar-refractivity contribution in [3.05, 3.63) is 82.0 Å². The molecule has 2 heterocycles. The van der Waals surface area contributed by atoms with Gasteiger partial charge in [0.2, 0.25) is 0 Å². The quantitative estimate of drug-likeness (QED) is 0.317. The molecule has 2 aromatic carbocycles. The molecule has 39 heavy (non-hydrogen) atoms. The highest BCUT2D eigenvalue weighted by Gasteiger charge is 2.44. The molecule has 0 fully saturated rings. The van der Waals surface area contributed by atoms with E-state index >= 15 is 0 Å². The number of esters is 1. The van der Waals surface area contributed by atoms with Gasteiger partial charge in [0.25, 0.3) is 5.91 Å². The van der Waals surface area contributed by atoms with Gasteiger partial charge in [-0.05, 0) is 42.7 Å². The number of fused-ring (bicyclic) bond motifs is 1. The van der Waals surface area contributed by atoms with Crippen molar-refractivity contribution in [3.63, 3.8) is 0 Å². The molecular weight excluding hydrogens is 530 g/mol. The number of ether oxygens (including phenoxy) is 1. The number of benzene rings is 2. The van der Waals surface area contributed by atoms with Crippen molar-refractivity contribution in [2.45, 2.75) is 44.8 Å². The fourth-order valence-electron chi connectivity index (χ4n) is 4.53. The molecule has 0 saturated carbocycles. The fourth-order valence-corrected chi connectivity index (χ4v) is 4.53. The monoisotopic (exact) mass is 554 g/mol. The summed E-state index contributed by atoms with van der Waals surface area (Å²) < 4.78 is 88.5. The van der Waals surface area contributed by atoms with Crippen molar-refractivity contribution in [1.29, 1.82) is 0 Å². The number of methoxy groups -OCH3 is 1. The van der Waals surface area contributed by atoms with Crippen LogP contribution in [0, 0.1) is 0 Å². The first-order valence-electron chi connectivity index (χ1n) is 11.9. The number of anilines is 1. The average molecular weight is 554 g/mol. The highest BCUT2D eigenvalue weighted by atomic mass is 19.4. The van der Waals surface area contributed by atoms with Crippen molar-refractivity contribution in [3.8, 4) is 0 Å². The predicted molar refractivity (Wildman–Crippen MR) is 128 cm³/mol. The third kappa shape index (κ3) is 5.86. The van der Waals surface area contributed by atoms with Crippen molar-refractivity contribution in [2.24, 2.45) is 0 Å². The zero-order valence-electron chi connectivity index (χ0n) is 20.9. The van der Waals surface area contributed by atoms with E-state index in [-0.39, 0.29) is 36.6 Å². The molecule has 1 aliphatic heterocycles. The molecule has 1 unspecified atom stereocenters. The van der Waals surface area contributed by atoms with Crippen LogP contribution in [0.5, 0.6) is 0 Å². The van der Waals surface area contributed by atoms with Crippen LogP contribution in [0.25, 0.3) is 0 Å². The molecule has 0 aliphatic carbocycles. The Morgan fingerprint density at radius 2 is 1.67 bits per heavy atom. The summed E-state index contributed by atoms with van der Waals surface area (Å²) in [6.45, 7) is 1.36. The fraction of sp³-hybridized carbons (Fsp3) is 0.346. The Morgan fingerprint density at radius 3 is 2.28 bits per heavy atom. The van der Waals surface area contributed by atoms with E-state index in [2.05, 4.69) is 15.2 Å². The van der Waals surface area contributed by atoms with E-state index in [1.54, 1.807) is 6.92 Å². The number of carbonyl (C=O) groups excluding carboxylic acids is 2. The SMILES string of the molecule is COC(=O)c1ccc(C(C)NC(=O)c2c(C(F)(F)F)nn3c2N(Cc2ccccc2C(F)(F)F)CCC3)cc1. The van der Waals surface area contributed by atoms with Crippen LogP contribution in [0.2, 0.25) is 0 Å². The maximum atomic E-state index is 14.0. The summed E-state index contributed by atoms with van der Waals surface area (Å²) in [5.74, 6) is -1.85. The number of carbonyl (C=O) groups is 2. The van der Waals surface area contributed by atoms with Crippen molar-refractivity contribution < 1.29 is 40.7 Å². The number of halogens is 6. The van der Waals surface area contributed by atoms with Crippen molar-refractivity contribution in [2.75, 3.05) is 18.6 Å². The second-order valence-corrected chi connectivity index (χ2v) is 9.01. The standard InChI is InChI=1S/C26H24F6N4O3/c1-15(16-8-10-17(11-9-16)24(38)39-2)33-22(37)20-21(26(30,31)32)34-36-13-5-12-35(23(20)36)14-18-6-3-4-7-19(18)25(27,28)29/h3-4,6-11,15H,5,12-14H2,1-2H3,(H,33,37). The van der Waals surface area contributed by atoms with Crippen LogP contribution in [-0.4, -0.2) is 35.3 Å². The number of aryl methyl sites for hydroxylation is 1. The molecule has 1 aliphatic rings. The molecule has 7 nitrogen and oxygen atoms in total. The summed E-state index contributed by atoms with van der Waals surface area (Å²) >= 11 is 0. The van der Waals surface area contributed by atoms with Crippen LogP contribution < -0.4 is 10.2 Å². The predicted octanol–water partition coefficient (Wildman–Crippen LogP) is 5.61. The Hall–Kier alpha value is -4.03. The highest BCUT2D eigenvalue weighted by Crippen LogP contribution is 2.39. The topological polar surface area (TPSA) is 76.5 Å². The number of nitrogens with zero attached hydrogens (tertiary/aromatic N) is 3. The largest absolute Gasteiger partial charge is 0.465 e. The van der Waals surface area contributed by atoms with Gasteiger partial charge in [-0.15, -0.1) is 0 Å². The minimum absolute atomic E-state index is 0.0631. The molecule has 0 spiro atoms. The minimum Gasteiger partial charge on any atom is -0.465 e. The normalized spacial score (nSPS) is 14.5. The van der Waals surface area contributed by atoms with E-state index in [1.807, 2.05) is 0 Å². The number of hydrogen-bond donors (Lipinski definition) is 1. The molecule has 0 saturated heterocycles. The number of nitrogens with one attached hydrogen (secondary N) is 1. The molecule has 1 amide bonds. The number of rotatable bonds is 6. The summed E-state index contributed by atoms with van der Waals surface area (Å²) in [4.78, 5) is 26.3. The molecular formula is C26H24F6N4O3. The van der Waals surface area contributed by atoms with Gasteiger partial charge in [-0.25, -0.2) is 9.48 Å². The minimum atomic E-state index is -4.99. The molecule has 3 aromatic rings. The smallest absolute Gasteiger partial charge is 0.436 e. The summed E-state index contributed by atoms with van der Waals surface area (Å²) in [6, 6.07) is 9.97. The lowest BCUT2D eigenvalue weighted by Crippen LogP contribution is -2.35. The Bertz CT molecular complexity index is 1370. The lowest BCUT2D eigenvalue weighted by molar-refractivity contribution is -0.142. The first-order valence-corrected chi connectivity index (χ1v) is 11.9. The first-order chi connectivity index (χ1) is 18.3. The average Bonchev–Trinajstić information content (AvgIpc) is 3.30. The van der Waals surface area contributed by atoms with Crippen LogP contribution in [0.4, 0.5) is 32.2 Å². The molecule has 0 bridgehead atoms. The molecule has 208 valence electrons. The zero-order chi connectivity index (χ0) is 28.5. The number of hydrogen-bond acceptors (Lipinski definition) is 5. The third-order valence-electron chi connectivity index (χ3n) is 6.38. The summed E-state index contributed by atoms with van der Waals surface area (Å²) in [7, 11) is 1.22. The van der Waals surface area contributed by atoms with Crippen LogP contribution in [-0.2, 0) is 30.2 Å². The highest BCUT2D eigenvalue weighted by molar-refractivity contribution is 6.01. The van der Waals surface area contributed by atoms with Gasteiger partial charge in [0.15, 0.2) is 5.69 Å². The van der Waals surface area contributed by atoms with E-state index in [0.717, 1.165) is 10.7 Å². The Balaban J connectivity index is 1.69. The van der Waals surface area contributed by atoms with Gasteiger partial charge in [0.1, 0.15) is 11.4 Å². The maximum Gasteiger partial charge on any atom is 0.436 e. The molecule has 0 radical (unpaired) electrons. The Labute approximate surface area is 219 Å². The van der Waals surface area contributed by atoms with Gasteiger partial charge in [0.05, 0.1) is 24.3 Å². The molecule has 1 aromatic heterocycles. The molecule has 1 N–H and O–H groups in total. The van der Waals surface area contributed by atoms with Crippen molar-refractivity contribution in [1.82, 2.24) is 15.1 Å². The first kappa shape index (κ1) is 28.0. The summed E-state index contributed by atoms with van der Waals surface area (Å²) in [5.41, 5.74) is -2.48. The van der Waals surface area contributed by atoms with Crippen LogP contribution in [0.15, 0.2) is 48.5 Å². The van der Waals surface area contributed by atoms with Gasteiger partial charge in [-0.2, -0.15) is 31.4 Å². The number of alkyl halides is 6. The van der Waals surface area contributed by atoms with E-state index < -0.39 is 47.1 Å². The Morgan fingerprint density at radius 1 is 1.00 bits per heavy atom. The van der Waals surface area contributed by atoms with Crippen LogP contribution in [0.1, 0.15) is 62.5 Å². The van der Waals surface area contributed by atoms with Crippen molar-refractivity contribution >= 4 is 17.7 Å². The van der Waals surface area contributed by atoms with E-state index in [9.17, 15) is 35.9 Å². The van der Waals surface area contributed by atoms with Gasteiger partial charge in [-0.1, -0.05) is 30.3 Å². The van der Waals surface area contributed by atoms with Gasteiger partial charge < -0.3 is 15.0 Å². The number of amides is 1. The van der Waals surface area contributed by atoms with Gasteiger partial charge in [0, 0.05) is 19.6 Å². The van der Waals surface area contributed by atoms with Gasteiger partial charge in [-0.3, -0.25) is 4.79 Å². The second kappa shape index (κ2) is 10.6. The summed E-state index contributed by atoms with van der Waals surface area (Å²) in [6.07, 6.45) is -9.33. The molecule has 1 atom stereocenters. The molecule has 4 rings (SSSR count). The third-order valence-corrected chi connectivity index (χ3v) is 6.38. The summed E-state index contributed by atoms with van der Waals surface area (Å²) in [5, 5.41) is 6.17. The maximum absolute atomic E-state index is 14.0. The van der Waals surface area contributed by atoms with E-state index in [4.69, 9.17) is 0 Å². The van der Waals surface area contributed by atoms with Crippen LogP contribution >= 0.6 is 0 Å². The lowest BCUT2D eigenvalue weighted by atomic mass is 10.0. The second-order valence-electron chi connectivity index (χ2n) is 9.01. The lowest BCUT2D eigenvalue weighted by Gasteiger charge is -2.31. The Kier molecular flexibility index (Phi) is 7.62. The van der Waals surface area contributed by atoms with E-state index in [0.29, 0.717) is 12.0 Å². The van der Waals surface area contributed by atoms with Gasteiger partial charge >= 0.3 is 18.3 Å². The molecule has 13 heteroatoms. The van der Waals surface area contributed by atoms with E-state index in [1.165, 1.54) is 54.5 Å². The zero-order valence-corrected chi connectivity index (χ0v) is 20.9. The number of aromatic nitrogens is 2. The van der Waals surface area contributed by atoms with Crippen LogP contribution in [0.3, 0.4) is 0 Å².